The average Bonchev–Trinajstić information content (AvgIpc) is 2.87. The number of fused-ring (bicyclic) bond motifs is 1. The molecule has 2 N–H and O–H groups in total. The highest BCUT2D eigenvalue weighted by atomic mass is 16.3. The fourth-order valence-corrected chi connectivity index (χ4v) is 2.45. The molecule has 0 bridgehead atoms. The van der Waals surface area contributed by atoms with Crippen LogP contribution in [0, 0.1) is 0 Å². The summed E-state index contributed by atoms with van der Waals surface area (Å²) in [6.07, 6.45) is 3.19. The van der Waals surface area contributed by atoms with Crippen LogP contribution in [0.25, 0.3) is 11.0 Å². The first-order valence-corrected chi connectivity index (χ1v) is 7.61. The minimum Gasteiger partial charge on any atom is -0.461 e. The van der Waals surface area contributed by atoms with E-state index in [0.717, 1.165) is 36.0 Å². The predicted octanol–water partition coefficient (Wildman–Crippen LogP) is 3.00. The van der Waals surface area contributed by atoms with E-state index in [0.29, 0.717) is 6.54 Å². The predicted molar refractivity (Wildman–Crippen MR) is 85.2 cm³/mol. The third kappa shape index (κ3) is 3.64. The third-order valence-electron chi connectivity index (χ3n) is 3.76. The number of carbonyl (C=O) groups excluding carboxylic acids is 1. The third-order valence-corrected chi connectivity index (χ3v) is 3.76. The largest absolute Gasteiger partial charge is 0.461 e. The number of furan rings is 1. The zero-order valence-corrected chi connectivity index (χ0v) is 13.0. The molecule has 1 atom stereocenters. The smallest absolute Gasteiger partial charge is 0.236 e. The first kappa shape index (κ1) is 15.6. The van der Waals surface area contributed by atoms with Crippen LogP contribution in [0.4, 0.5) is 0 Å². The summed E-state index contributed by atoms with van der Waals surface area (Å²) in [4.78, 5) is 11.6. The van der Waals surface area contributed by atoms with E-state index in [4.69, 9.17) is 4.42 Å². The molecule has 1 unspecified atom stereocenters. The van der Waals surface area contributed by atoms with E-state index in [1.54, 1.807) is 7.05 Å². The number of rotatable bonds is 7. The van der Waals surface area contributed by atoms with Gasteiger partial charge in [-0.3, -0.25) is 4.79 Å². The van der Waals surface area contributed by atoms with E-state index in [-0.39, 0.29) is 11.9 Å². The molecule has 1 aromatic carbocycles. The lowest BCUT2D eigenvalue weighted by Crippen LogP contribution is -2.40. The van der Waals surface area contributed by atoms with Crippen LogP contribution in [0.2, 0.25) is 0 Å². The SMILES string of the molecule is CCCCc1oc2ccccc2c1CNC(C)C(=O)NC. The van der Waals surface area contributed by atoms with Crippen molar-refractivity contribution in [2.45, 2.75) is 45.7 Å². The van der Waals surface area contributed by atoms with Crippen LogP contribution in [0.5, 0.6) is 0 Å². The molecular weight excluding hydrogens is 264 g/mol. The lowest BCUT2D eigenvalue weighted by atomic mass is 10.1. The second-order valence-electron chi connectivity index (χ2n) is 5.32. The molecule has 0 fully saturated rings. The maximum Gasteiger partial charge on any atom is 0.236 e. The van der Waals surface area contributed by atoms with Gasteiger partial charge in [0, 0.05) is 31.0 Å². The summed E-state index contributed by atoms with van der Waals surface area (Å²) >= 11 is 0. The number of para-hydroxylation sites is 1. The van der Waals surface area contributed by atoms with Gasteiger partial charge in [0.1, 0.15) is 11.3 Å². The molecule has 2 aromatic rings. The highest BCUT2D eigenvalue weighted by molar-refractivity contribution is 5.83. The van der Waals surface area contributed by atoms with Crippen molar-refractivity contribution in [3.8, 4) is 0 Å². The number of hydrogen-bond acceptors (Lipinski definition) is 3. The van der Waals surface area contributed by atoms with E-state index >= 15 is 0 Å². The van der Waals surface area contributed by atoms with E-state index in [1.807, 2.05) is 25.1 Å². The van der Waals surface area contributed by atoms with Crippen molar-refractivity contribution in [2.24, 2.45) is 0 Å². The van der Waals surface area contributed by atoms with Gasteiger partial charge in [-0.15, -0.1) is 0 Å². The summed E-state index contributed by atoms with van der Waals surface area (Å²) in [5.74, 6) is 1.03. The summed E-state index contributed by atoms with van der Waals surface area (Å²) in [6, 6.07) is 7.86. The van der Waals surface area contributed by atoms with Crippen LogP contribution >= 0.6 is 0 Å². The number of hydrogen-bond donors (Lipinski definition) is 2. The Morgan fingerprint density at radius 2 is 2.10 bits per heavy atom. The van der Waals surface area contributed by atoms with Gasteiger partial charge in [-0.25, -0.2) is 0 Å². The molecule has 1 aromatic heterocycles. The molecule has 4 nitrogen and oxygen atoms in total. The zero-order chi connectivity index (χ0) is 15.2. The fraction of sp³-hybridized carbons (Fsp3) is 0.471. The van der Waals surface area contributed by atoms with Gasteiger partial charge in [-0.2, -0.15) is 0 Å². The normalized spacial score (nSPS) is 12.5. The molecule has 0 aliphatic heterocycles. The Bertz CT molecular complexity index is 604. The molecule has 0 aliphatic carbocycles. The van der Waals surface area contributed by atoms with Gasteiger partial charge < -0.3 is 15.1 Å². The lowest BCUT2D eigenvalue weighted by molar-refractivity contribution is -0.122. The van der Waals surface area contributed by atoms with Crippen molar-refractivity contribution >= 4 is 16.9 Å². The second kappa shape index (κ2) is 7.27. The van der Waals surface area contributed by atoms with Gasteiger partial charge in [0.2, 0.25) is 5.91 Å². The topological polar surface area (TPSA) is 54.3 Å². The highest BCUT2D eigenvalue weighted by Crippen LogP contribution is 2.27. The van der Waals surface area contributed by atoms with Gasteiger partial charge in [0.25, 0.3) is 0 Å². The van der Waals surface area contributed by atoms with Crippen molar-refractivity contribution in [2.75, 3.05) is 7.05 Å². The monoisotopic (exact) mass is 288 g/mol. The molecule has 0 saturated heterocycles. The number of carbonyl (C=O) groups is 1. The molecule has 1 amide bonds. The van der Waals surface area contributed by atoms with E-state index in [2.05, 4.69) is 23.6 Å². The number of amides is 1. The van der Waals surface area contributed by atoms with Crippen LogP contribution in [0.15, 0.2) is 28.7 Å². The maximum atomic E-state index is 11.6. The Labute approximate surface area is 125 Å². The number of unbranched alkanes of at least 4 members (excludes halogenated alkanes) is 1. The second-order valence-corrected chi connectivity index (χ2v) is 5.32. The Balaban J connectivity index is 2.21. The van der Waals surface area contributed by atoms with E-state index in [1.165, 1.54) is 5.56 Å². The molecule has 0 radical (unpaired) electrons. The van der Waals surface area contributed by atoms with Crippen LogP contribution < -0.4 is 10.6 Å². The maximum absolute atomic E-state index is 11.6. The van der Waals surface area contributed by atoms with Crippen molar-refractivity contribution in [3.05, 3.63) is 35.6 Å². The summed E-state index contributed by atoms with van der Waals surface area (Å²) in [7, 11) is 1.65. The zero-order valence-electron chi connectivity index (χ0n) is 13.0. The summed E-state index contributed by atoms with van der Waals surface area (Å²) in [5, 5.41) is 7.07. The molecule has 2 rings (SSSR count). The number of aryl methyl sites for hydroxylation is 1. The van der Waals surface area contributed by atoms with Gasteiger partial charge in [0.05, 0.1) is 6.04 Å². The van der Waals surface area contributed by atoms with E-state index in [9.17, 15) is 4.79 Å². The van der Waals surface area contributed by atoms with Gasteiger partial charge in [-0.05, 0) is 19.4 Å². The quantitative estimate of drug-likeness (QED) is 0.823. The first-order chi connectivity index (χ1) is 10.2. The van der Waals surface area contributed by atoms with Gasteiger partial charge in [-0.1, -0.05) is 31.5 Å². The summed E-state index contributed by atoms with van der Waals surface area (Å²) in [5.41, 5.74) is 2.10. The van der Waals surface area contributed by atoms with Crippen molar-refractivity contribution in [1.82, 2.24) is 10.6 Å². The Kier molecular flexibility index (Phi) is 5.39. The van der Waals surface area contributed by atoms with Gasteiger partial charge in [0.15, 0.2) is 0 Å². The van der Waals surface area contributed by atoms with Crippen LogP contribution in [0.3, 0.4) is 0 Å². The average molecular weight is 288 g/mol. The van der Waals surface area contributed by atoms with Crippen molar-refractivity contribution in [1.29, 1.82) is 0 Å². The molecule has 1 heterocycles. The van der Waals surface area contributed by atoms with Crippen molar-refractivity contribution in [3.63, 3.8) is 0 Å². The standard InChI is InChI=1S/C17H24N2O2/c1-4-5-9-16-14(11-19-12(2)17(20)18-3)13-8-6-7-10-15(13)21-16/h6-8,10,12,19H,4-5,9,11H2,1-3H3,(H,18,20). The fourth-order valence-electron chi connectivity index (χ4n) is 2.45. The van der Waals surface area contributed by atoms with E-state index < -0.39 is 0 Å². The summed E-state index contributed by atoms with van der Waals surface area (Å²) in [6.45, 7) is 4.69. The summed E-state index contributed by atoms with van der Waals surface area (Å²) < 4.78 is 5.98. The molecule has 0 spiro atoms. The lowest BCUT2D eigenvalue weighted by Gasteiger charge is -2.12. The van der Waals surface area contributed by atoms with Crippen LogP contribution in [-0.4, -0.2) is 19.0 Å². The van der Waals surface area contributed by atoms with Crippen LogP contribution in [0.1, 0.15) is 38.0 Å². The highest BCUT2D eigenvalue weighted by Gasteiger charge is 2.16. The molecule has 0 saturated carbocycles. The number of nitrogens with one attached hydrogen (secondary N) is 2. The Morgan fingerprint density at radius 1 is 1.33 bits per heavy atom. The van der Waals surface area contributed by atoms with Gasteiger partial charge >= 0.3 is 0 Å². The Hall–Kier alpha value is -1.81. The number of likely N-dealkylation sites (N-methyl/N-ethyl adjacent to an activating group) is 1. The van der Waals surface area contributed by atoms with Crippen LogP contribution in [-0.2, 0) is 17.8 Å². The molecule has 4 heteroatoms. The first-order valence-electron chi connectivity index (χ1n) is 7.61. The molecule has 114 valence electrons. The number of benzene rings is 1. The molecule has 0 aliphatic rings. The minimum atomic E-state index is -0.220. The molecule has 21 heavy (non-hydrogen) atoms. The minimum absolute atomic E-state index is 0.00194. The molecular formula is C17H24N2O2. The Morgan fingerprint density at radius 3 is 2.81 bits per heavy atom. The van der Waals surface area contributed by atoms with Crippen molar-refractivity contribution < 1.29 is 9.21 Å².